The number of anilines is 1. The fourth-order valence-electron chi connectivity index (χ4n) is 2.52. The fourth-order valence-corrected chi connectivity index (χ4v) is 3.35. The van der Waals surface area contributed by atoms with Crippen LogP contribution in [-0.2, 0) is 4.74 Å². The first kappa shape index (κ1) is 16.2. The van der Waals surface area contributed by atoms with Gasteiger partial charge in [0.2, 0.25) is 0 Å². The van der Waals surface area contributed by atoms with Crippen molar-refractivity contribution >= 4 is 23.4 Å². The molecule has 0 spiro atoms. The number of aromatic carboxylic acids is 1. The molecule has 2 rings (SSSR count). The van der Waals surface area contributed by atoms with Crippen LogP contribution < -0.4 is 5.32 Å². The van der Waals surface area contributed by atoms with Crippen molar-refractivity contribution in [1.82, 2.24) is 0 Å². The van der Waals surface area contributed by atoms with Gasteiger partial charge in [-0.05, 0) is 36.1 Å². The molecular weight excluding hydrogens is 286 g/mol. The number of carboxylic acids is 1. The molecule has 1 aromatic carbocycles. The zero-order valence-electron chi connectivity index (χ0n) is 12.6. The normalized spacial score (nSPS) is 17.4. The molecule has 1 aliphatic rings. The highest BCUT2D eigenvalue weighted by Crippen LogP contribution is 2.32. The maximum atomic E-state index is 11.6. The Kier molecular flexibility index (Phi) is 5.53. The molecule has 0 saturated carbocycles. The van der Waals surface area contributed by atoms with E-state index < -0.39 is 5.97 Å². The van der Waals surface area contributed by atoms with Crippen LogP contribution in [0.1, 0.15) is 37.0 Å². The molecule has 5 heteroatoms. The summed E-state index contributed by atoms with van der Waals surface area (Å²) in [7, 11) is 0. The lowest BCUT2D eigenvalue weighted by atomic mass is 9.82. The maximum absolute atomic E-state index is 11.6. The van der Waals surface area contributed by atoms with E-state index in [1.165, 1.54) is 0 Å². The van der Waals surface area contributed by atoms with Crippen molar-refractivity contribution in [3.8, 4) is 0 Å². The van der Waals surface area contributed by atoms with E-state index in [0.717, 1.165) is 43.2 Å². The van der Waals surface area contributed by atoms with Gasteiger partial charge < -0.3 is 15.2 Å². The summed E-state index contributed by atoms with van der Waals surface area (Å²) in [5.74, 6) is -0.00937. The van der Waals surface area contributed by atoms with Crippen LogP contribution in [0, 0.1) is 5.41 Å². The first-order chi connectivity index (χ1) is 10.1. The molecule has 1 fully saturated rings. The topological polar surface area (TPSA) is 58.6 Å². The number of thioether (sulfide) groups is 1. The zero-order valence-corrected chi connectivity index (χ0v) is 13.5. The molecule has 1 saturated heterocycles. The third kappa shape index (κ3) is 4.14. The molecule has 1 aliphatic heterocycles. The van der Waals surface area contributed by atoms with E-state index in [1.54, 1.807) is 11.8 Å². The van der Waals surface area contributed by atoms with Gasteiger partial charge in [-0.1, -0.05) is 19.9 Å². The van der Waals surface area contributed by atoms with Crippen molar-refractivity contribution in [2.24, 2.45) is 5.41 Å². The molecular formula is C16H23NO3S. The molecule has 0 atom stereocenters. The predicted molar refractivity (Wildman–Crippen MR) is 86.4 cm³/mol. The van der Waals surface area contributed by atoms with Gasteiger partial charge in [0, 0.05) is 30.3 Å². The van der Waals surface area contributed by atoms with Crippen LogP contribution in [0.15, 0.2) is 23.1 Å². The fraction of sp³-hybridized carbons (Fsp3) is 0.562. The molecule has 0 bridgehead atoms. The van der Waals surface area contributed by atoms with Gasteiger partial charge in [-0.3, -0.25) is 0 Å². The number of carboxylic acid groups (broad SMARTS) is 1. The van der Waals surface area contributed by atoms with Gasteiger partial charge in [-0.15, -0.1) is 11.8 Å². The second-order valence-electron chi connectivity index (χ2n) is 5.69. The van der Waals surface area contributed by atoms with Crippen molar-refractivity contribution in [2.75, 3.05) is 30.8 Å². The molecule has 0 aromatic heterocycles. The lowest BCUT2D eigenvalue weighted by Gasteiger charge is -2.34. The smallest absolute Gasteiger partial charge is 0.338 e. The summed E-state index contributed by atoms with van der Waals surface area (Å²) >= 11 is 1.56. The zero-order chi connectivity index (χ0) is 15.3. The molecule has 0 radical (unpaired) electrons. The Bertz CT molecular complexity index is 498. The van der Waals surface area contributed by atoms with Crippen LogP contribution >= 0.6 is 11.8 Å². The van der Waals surface area contributed by atoms with Gasteiger partial charge in [0.05, 0.1) is 5.56 Å². The van der Waals surface area contributed by atoms with E-state index in [0.29, 0.717) is 11.3 Å². The van der Waals surface area contributed by atoms with Crippen molar-refractivity contribution in [2.45, 2.75) is 31.6 Å². The Morgan fingerprint density at radius 3 is 2.76 bits per heavy atom. The van der Waals surface area contributed by atoms with Gasteiger partial charge in [0.1, 0.15) is 0 Å². The summed E-state index contributed by atoms with van der Waals surface area (Å²) in [5.41, 5.74) is 1.27. The van der Waals surface area contributed by atoms with Crippen molar-refractivity contribution in [3.05, 3.63) is 23.8 Å². The van der Waals surface area contributed by atoms with E-state index in [2.05, 4.69) is 12.2 Å². The highest BCUT2D eigenvalue weighted by molar-refractivity contribution is 7.99. The minimum atomic E-state index is -0.869. The molecule has 0 unspecified atom stereocenters. The van der Waals surface area contributed by atoms with Crippen LogP contribution in [0.25, 0.3) is 0 Å². The van der Waals surface area contributed by atoms with Gasteiger partial charge in [-0.2, -0.15) is 0 Å². The number of benzene rings is 1. The summed E-state index contributed by atoms with van der Waals surface area (Å²) in [6.07, 6.45) is 2.01. The first-order valence-corrected chi connectivity index (χ1v) is 8.35. The lowest BCUT2D eigenvalue weighted by molar-refractivity contribution is 0.0299. The molecule has 4 nitrogen and oxygen atoms in total. The highest BCUT2D eigenvalue weighted by atomic mass is 32.2. The van der Waals surface area contributed by atoms with Crippen LogP contribution in [0.2, 0.25) is 0 Å². The summed E-state index contributed by atoms with van der Waals surface area (Å²) in [6, 6.07) is 5.64. The van der Waals surface area contributed by atoms with Crippen molar-refractivity contribution in [1.29, 1.82) is 0 Å². The summed E-state index contributed by atoms with van der Waals surface area (Å²) < 4.78 is 5.40. The quantitative estimate of drug-likeness (QED) is 0.784. The van der Waals surface area contributed by atoms with Crippen LogP contribution in [-0.4, -0.2) is 36.6 Å². The summed E-state index contributed by atoms with van der Waals surface area (Å²) in [6.45, 7) is 6.61. The van der Waals surface area contributed by atoms with E-state index in [1.807, 2.05) is 25.1 Å². The van der Waals surface area contributed by atoms with Gasteiger partial charge in [-0.25, -0.2) is 4.79 Å². The maximum Gasteiger partial charge on any atom is 0.338 e. The summed E-state index contributed by atoms with van der Waals surface area (Å²) in [4.78, 5) is 12.4. The number of hydrogen-bond donors (Lipinski definition) is 2. The van der Waals surface area contributed by atoms with Crippen LogP contribution in [0.3, 0.4) is 0 Å². The van der Waals surface area contributed by atoms with Crippen molar-refractivity contribution < 1.29 is 14.6 Å². The molecule has 1 heterocycles. The number of rotatable bonds is 6. The largest absolute Gasteiger partial charge is 0.478 e. The van der Waals surface area contributed by atoms with E-state index in [9.17, 15) is 9.90 Å². The van der Waals surface area contributed by atoms with E-state index >= 15 is 0 Å². The molecule has 21 heavy (non-hydrogen) atoms. The number of ether oxygens (including phenoxy) is 1. The third-order valence-corrected chi connectivity index (χ3v) is 4.89. The molecule has 1 aromatic rings. The lowest BCUT2D eigenvalue weighted by Crippen LogP contribution is -2.33. The minimum Gasteiger partial charge on any atom is -0.478 e. The van der Waals surface area contributed by atoms with E-state index in [-0.39, 0.29) is 5.41 Å². The summed E-state index contributed by atoms with van der Waals surface area (Å²) in [5, 5.41) is 12.9. The van der Waals surface area contributed by atoms with Gasteiger partial charge in [0.15, 0.2) is 0 Å². The Hall–Kier alpha value is -1.20. The average molecular weight is 309 g/mol. The Morgan fingerprint density at radius 1 is 1.43 bits per heavy atom. The third-order valence-electron chi connectivity index (χ3n) is 3.95. The molecule has 116 valence electrons. The minimum absolute atomic E-state index is 0.169. The average Bonchev–Trinajstić information content (AvgIpc) is 2.46. The molecule has 0 amide bonds. The standard InChI is InChI=1S/C16H23NO3S/c1-3-21-13-6-4-5-12(14(13)15(18)19)17-11-16(2)7-9-20-10-8-16/h4-6,17H,3,7-11H2,1-2H3,(H,18,19). The van der Waals surface area contributed by atoms with Gasteiger partial charge in [0.25, 0.3) is 0 Å². The highest BCUT2D eigenvalue weighted by Gasteiger charge is 2.27. The van der Waals surface area contributed by atoms with Gasteiger partial charge >= 0.3 is 5.97 Å². The molecule has 0 aliphatic carbocycles. The Morgan fingerprint density at radius 2 is 2.14 bits per heavy atom. The number of nitrogens with one attached hydrogen (secondary N) is 1. The first-order valence-electron chi connectivity index (χ1n) is 7.36. The second-order valence-corrected chi connectivity index (χ2v) is 7.00. The van der Waals surface area contributed by atoms with Crippen LogP contribution in [0.5, 0.6) is 0 Å². The van der Waals surface area contributed by atoms with E-state index in [4.69, 9.17) is 4.74 Å². The van der Waals surface area contributed by atoms with Crippen LogP contribution in [0.4, 0.5) is 5.69 Å². The Balaban J connectivity index is 2.15. The number of hydrogen-bond acceptors (Lipinski definition) is 4. The molecule has 2 N–H and O–H groups in total. The predicted octanol–water partition coefficient (Wildman–Crippen LogP) is 3.73. The SMILES string of the molecule is CCSc1cccc(NCC2(C)CCOCC2)c1C(=O)O. The number of carbonyl (C=O) groups is 1. The van der Waals surface area contributed by atoms with Crippen molar-refractivity contribution in [3.63, 3.8) is 0 Å². The monoisotopic (exact) mass is 309 g/mol. The second kappa shape index (κ2) is 7.18. The Labute approximate surface area is 130 Å².